The van der Waals surface area contributed by atoms with Crippen molar-refractivity contribution in [3.05, 3.63) is 40.4 Å². The van der Waals surface area contributed by atoms with Gasteiger partial charge in [0.05, 0.1) is 19.2 Å². The Hall–Kier alpha value is -1.39. The first-order valence-corrected chi connectivity index (χ1v) is 5.96. The first-order chi connectivity index (χ1) is 8.17. The molecule has 2 N–H and O–H groups in total. The Morgan fingerprint density at radius 3 is 2.76 bits per heavy atom. The summed E-state index contributed by atoms with van der Waals surface area (Å²) < 4.78 is 6.19. The molecule has 88 valence electrons. The Kier molecular flexibility index (Phi) is 3.45. The van der Waals surface area contributed by atoms with Gasteiger partial charge >= 0.3 is 0 Å². The zero-order valence-electron chi connectivity index (χ0n) is 9.37. The minimum absolute atomic E-state index is 0.0223. The molecule has 2 rings (SSSR count). The summed E-state index contributed by atoms with van der Waals surface area (Å²) in [5.74, 6) is 0.449. The summed E-state index contributed by atoms with van der Waals surface area (Å²) in [7, 11) is 1.55. The van der Waals surface area contributed by atoms with E-state index < -0.39 is 0 Å². The molecule has 4 heteroatoms. The number of ketones is 1. The minimum atomic E-state index is -0.116. The van der Waals surface area contributed by atoms with Crippen molar-refractivity contribution >= 4 is 32.5 Å². The summed E-state index contributed by atoms with van der Waals surface area (Å²) in [6.45, 7) is -0.0223. The Bertz CT molecular complexity index is 581. The van der Waals surface area contributed by atoms with Crippen LogP contribution in [0, 0.1) is 0 Å². The number of hydrogen-bond acceptors (Lipinski definition) is 3. The van der Waals surface area contributed by atoms with Crippen LogP contribution >= 0.6 is 15.9 Å². The Balaban J connectivity index is 2.78. The molecule has 0 aliphatic carbocycles. The van der Waals surface area contributed by atoms with Crippen LogP contribution in [0.2, 0.25) is 0 Å². The molecule has 0 fully saturated rings. The van der Waals surface area contributed by atoms with Crippen LogP contribution in [0.3, 0.4) is 0 Å². The molecule has 0 aliphatic heterocycles. The van der Waals surface area contributed by atoms with Crippen molar-refractivity contribution < 1.29 is 9.53 Å². The smallest absolute Gasteiger partial charge is 0.180 e. The van der Waals surface area contributed by atoms with Crippen molar-refractivity contribution in [2.24, 2.45) is 5.73 Å². The van der Waals surface area contributed by atoms with Gasteiger partial charge in [-0.15, -0.1) is 0 Å². The highest BCUT2D eigenvalue weighted by atomic mass is 79.9. The lowest BCUT2D eigenvalue weighted by molar-refractivity contribution is 0.1000. The molecule has 0 aromatic heterocycles. The number of carbonyl (C=O) groups is 1. The molecule has 0 radical (unpaired) electrons. The molecule has 2 aromatic rings. The van der Waals surface area contributed by atoms with Crippen molar-refractivity contribution in [1.82, 2.24) is 0 Å². The molecule has 0 saturated carbocycles. The number of Topliss-reactive ketones (excluding diaryl/α,β-unsaturated/α-hetero) is 1. The maximum absolute atomic E-state index is 11.9. The van der Waals surface area contributed by atoms with E-state index in [1.54, 1.807) is 13.2 Å². The van der Waals surface area contributed by atoms with E-state index in [9.17, 15) is 4.79 Å². The third-order valence-electron chi connectivity index (χ3n) is 2.63. The fourth-order valence-corrected chi connectivity index (χ4v) is 2.22. The Labute approximate surface area is 108 Å². The molecule has 17 heavy (non-hydrogen) atoms. The predicted octanol–water partition coefficient (Wildman–Crippen LogP) is 2.75. The minimum Gasteiger partial charge on any atom is -0.496 e. The SMILES string of the molecule is COc1ccc2cc(Br)ccc2c1C(=O)CN. The van der Waals surface area contributed by atoms with Crippen LogP contribution in [0.4, 0.5) is 0 Å². The van der Waals surface area contributed by atoms with Gasteiger partial charge in [0, 0.05) is 4.47 Å². The summed E-state index contributed by atoms with van der Waals surface area (Å²) in [4.78, 5) is 11.9. The number of hydrogen-bond donors (Lipinski definition) is 1. The van der Waals surface area contributed by atoms with Gasteiger partial charge in [-0.3, -0.25) is 4.79 Å². The number of benzene rings is 2. The molecule has 0 bridgehead atoms. The lowest BCUT2D eigenvalue weighted by Crippen LogP contribution is -2.15. The van der Waals surface area contributed by atoms with Gasteiger partial charge in [0.2, 0.25) is 0 Å². The topological polar surface area (TPSA) is 52.3 Å². The Morgan fingerprint density at radius 2 is 2.12 bits per heavy atom. The van der Waals surface area contributed by atoms with Crippen LogP contribution in [0.25, 0.3) is 10.8 Å². The van der Waals surface area contributed by atoms with E-state index in [-0.39, 0.29) is 12.3 Å². The lowest BCUT2D eigenvalue weighted by atomic mass is 10.0. The molecule has 2 aromatic carbocycles. The number of nitrogens with two attached hydrogens (primary N) is 1. The van der Waals surface area contributed by atoms with Crippen molar-refractivity contribution in [1.29, 1.82) is 0 Å². The molecule has 0 unspecified atom stereocenters. The summed E-state index contributed by atoms with van der Waals surface area (Å²) in [6, 6.07) is 9.46. The van der Waals surface area contributed by atoms with Crippen LogP contribution in [0.1, 0.15) is 10.4 Å². The average Bonchev–Trinajstić information content (AvgIpc) is 2.36. The summed E-state index contributed by atoms with van der Waals surface area (Å²) in [5.41, 5.74) is 5.99. The van der Waals surface area contributed by atoms with Crippen LogP contribution < -0.4 is 10.5 Å². The summed E-state index contributed by atoms with van der Waals surface area (Å²) in [6.07, 6.45) is 0. The predicted molar refractivity (Wildman–Crippen MR) is 71.6 cm³/mol. The second kappa shape index (κ2) is 4.85. The molecular formula is C13H12BrNO2. The van der Waals surface area contributed by atoms with Crippen LogP contribution in [0.15, 0.2) is 34.8 Å². The number of carbonyl (C=O) groups excluding carboxylic acids is 1. The molecule has 0 atom stereocenters. The van der Waals surface area contributed by atoms with Gasteiger partial charge in [-0.25, -0.2) is 0 Å². The van der Waals surface area contributed by atoms with E-state index in [1.807, 2.05) is 24.3 Å². The largest absolute Gasteiger partial charge is 0.496 e. The summed E-state index contributed by atoms with van der Waals surface area (Å²) in [5, 5.41) is 1.85. The van der Waals surface area contributed by atoms with Gasteiger partial charge in [-0.05, 0) is 29.0 Å². The van der Waals surface area contributed by atoms with Crippen molar-refractivity contribution in [2.75, 3.05) is 13.7 Å². The van der Waals surface area contributed by atoms with Gasteiger partial charge in [0.15, 0.2) is 5.78 Å². The van der Waals surface area contributed by atoms with Gasteiger partial charge in [-0.2, -0.15) is 0 Å². The van der Waals surface area contributed by atoms with E-state index in [0.717, 1.165) is 15.2 Å². The van der Waals surface area contributed by atoms with E-state index in [4.69, 9.17) is 10.5 Å². The van der Waals surface area contributed by atoms with Gasteiger partial charge in [0.25, 0.3) is 0 Å². The molecule has 0 aliphatic rings. The van der Waals surface area contributed by atoms with Gasteiger partial charge < -0.3 is 10.5 Å². The number of rotatable bonds is 3. The number of ether oxygens (including phenoxy) is 1. The van der Waals surface area contributed by atoms with E-state index >= 15 is 0 Å². The fraction of sp³-hybridized carbons (Fsp3) is 0.154. The molecule has 3 nitrogen and oxygen atoms in total. The van der Waals surface area contributed by atoms with E-state index in [2.05, 4.69) is 15.9 Å². The van der Waals surface area contributed by atoms with Crippen molar-refractivity contribution in [2.45, 2.75) is 0 Å². The molecule has 0 saturated heterocycles. The van der Waals surface area contributed by atoms with Gasteiger partial charge in [-0.1, -0.05) is 28.1 Å². The second-order valence-electron chi connectivity index (χ2n) is 3.64. The van der Waals surface area contributed by atoms with Gasteiger partial charge in [0.1, 0.15) is 5.75 Å². The zero-order chi connectivity index (χ0) is 12.4. The first kappa shape index (κ1) is 12.1. The zero-order valence-corrected chi connectivity index (χ0v) is 11.0. The third-order valence-corrected chi connectivity index (χ3v) is 3.12. The molecule has 0 amide bonds. The monoisotopic (exact) mass is 293 g/mol. The number of halogens is 1. The number of fused-ring (bicyclic) bond motifs is 1. The highest BCUT2D eigenvalue weighted by Gasteiger charge is 2.14. The van der Waals surface area contributed by atoms with E-state index in [0.29, 0.717) is 11.3 Å². The average molecular weight is 294 g/mol. The normalized spacial score (nSPS) is 10.5. The quantitative estimate of drug-likeness (QED) is 0.886. The van der Waals surface area contributed by atoms with Crippen LogP contribution in [0.5, 0.6) is 5.75 Å². The van der Waals surface area contributed by atoms with Crippen molar-refractivity contribution in [3.8, 4) is 5.75 Å². The summed E-state index contributed by atoms with van der Waals surface area (Å²) >= 11 is 3.41. The molecule has 0 spiro atoms. The van der Waals surface area contributed by atoms with Crippen molar-refractivity contribution in [3.63, 3.8) is 0 Å². The highest BCUT2D eigenvalue weighted by molar-refractivity contribution is 9.10. The standard InChI is InChI=1S/C13H12BrNO2/c1-17-12-5-2-8-6-9(14)3-4-10(8)13(12)11(16)7-15/h2-6H,7,15H2,1H3. The van der Waals surface area contributed by atoms with Crippen LogP contribution in [-0.4, -0.2) is 19.4 Å². The number of methoxy groups -OCH3 is 1. The lowest BCUT2D eigenvalue weighted by Gasteiger charge is -2.10. The fourth-order valence-electron chi connectivity index (χ4n) is 1.84. The highest BCUT2D eigenvalue weighted by Crippen LogP contribution is 2.30. The molecule has 0 heterocycles. The molecular weight excluding hydrogens is 282 g/mol. The second-order valence-corrected chi connectivity index (χ2v) is 4.55. The Morgan fingerprint density at radius 1 is 1.35 bits per heavy atom. The van der Waals surface area contributed by atoms with E-state index in [1.165, 1.54) is 0 Å². The maximum atomic E-state index is 11.9. The third kappa shape index (κ3) is 2.18. The first-order valence-electron chi connectivity index (χ1n) is 5.17. The van der Waals surface area contributed by atoms with Crippen LogP contribution in [-0.2, 0) is 0 Å². The maximum Gasteiger partial charge on any atom is 0.180 e.